The minimum absolute atomic E-state index is 0.0399. The van der Waals surface area contributed by atoms with Crippen LogP contribution < -0.4 is 11.1 Å². The highest BCUT2D eigenvalue weighted by atomic mass is 16.1. The molecule has 0 aliphatic carbocycles. The molecule has 1 saturated heterocycles. The molecule has 0 bridgehead atoms. The molecule has 3 N–H and O–H groups in total. The van der Waals surface area contributed by atoms with Crippen molar-refractivity contribution in [2.24, 2.45) is 11.7 Å². The average Bonchev–Trinajstić information content (AvgIpc) is 2.30. The topological polar surface area (TPSA) is 58.4 Å². The zero-order valence-corrected chi connectivity index (χ0v) is 8.58. The van der Waals surface area contributed by atoms with Gasteiger partial charge in [-0.15, -0.1) is 0 Å². The van der Waals surface area contributed by atoms with Gasteiger partial charge in [-0.05, 0) is 7.05 Å². The molecule has 2 unspecified atom stereocenters. The summed E-state index contributed by atoms with van der Waals surface area (Å²) in [6, 6.07) is 0.201. The number of carbonyl (C=O) groups excluding carboxylic acids is 1. The standard InChI is InChI=1S/C9H19N3O/c1-6(2)9(13)11-8-5-12(3)4-7(8)10/h6-8H,4-5,10H2,1-3H3,(H,11,13). The van der Waals surface area contributed by atoms with Crippen molar-refractivity contribution in [2.75, 3.05) is 20.1 Å². The summed E-state index contributed by atoms with van der Waals surface area (Å²) in [6.45, 7) is 5.50. The average molecular weight is 185 g/mol. The van der Waals surface area contributed by atoms with Gasteiger partial charge in [0.1, 0.15) is 0 Å². The molecule has 1 aliphatic heterocycles. The molecule has 0 spiro atoms. The van der Waals surface area contributed by atoms with Crippen LogP contribution in [-0.4, -0.2) is 43.0 Å². The Kier molecular flexibility index (Phi) is 3.27. The van der Waals surface area contributed by atoms with Crippen LogP contribution in [0, 0.1) is 5.92 Å². The van der Waals surface area contributed by atoms with Gasteiger partial charge in [-0.25, -0.2) is 0 Å². The summed E-state index contributed by atoms with van der Waals surface area (Å²) < 4.78 is 0. The fraction of sp³-hybridized carbons (Fsp3) is 0.889. The quantitative estimate of drug-likeness (QED) is 0.604. The van der Waals surface area contributed by atoms with Crippen LogP contribution >= 0.6 is 0 Å². The van der Waals surface area contributed by atoms with E-state index >= 15 is 0 Å². The summed E-state index contributed by atoms with van der Waals surface area (Å²) in [4.78, 5) is 13.5. The third kappa shape index (κ3) is 2.67. The molecule has 2 atom stereocenters. The van der Waals surface area contributed by atoms with E-state index in [9.17, 15) is 4.79 Å². The van der Waals surface area contributed by atoms with Crippen LogP contribution in [0.1, 0.15) is 13.8 Å². The van der Waals surface area contributed by atoms with E-state index in [1.807, 2.05) is 20.9 Å². The predicted molar refractivity (Wildman–Crippen MR) is 52.2 cm³/mol. The number of hydrogen-bond donors (Lipinski definition) is 2. The maximum Gasteiger partial charge on any atom is 0.222 e. The van der Waals surface area contributed by atoms with Gasteiger partial charge in [0.2, 0.25) is 5.91 Å². The predicted octanol–water partition coefficient (Wildman–Crippen LogP) is -0.600. The number of carbonyl (C=O) groups is 1. The number of nitrogens with two attached hydrogens (primary N) is 1. The zero-order chi connectivity index (χ0) is 10.0. The monoisotopic (exact) mass is 185 g/mol. The lowest BCUT2D eigenvalue weighted by molar-refractivity contribution is -0.124. The van der Waals surface area contributed by atoms with Crippen molar-refractivity contribution in [3.8, 4) is 0 Å². The van der Waals surface area contributed by atoms with Crippen molar-refractivity contribution in [3.63, 3.8) is 0 Å². The summed E-state index contributed by atoms with van der Waals surface area (Å²) >= 11 is 0. The molecule has 1 rings (SSSR count). The van der Waals surface area contributed by atoms with Gasteiger partial charge in [-0.2, -0.15) is 0 Å². The number of nitrogens with zero attached hydrogens (tertiary/aromatic N) is 1. The second-order valence-electron chi connectivity index (χ2n) is 4.15. The first-order chi connectivity index (χ1) is 6.00. The van der Waals surface area contributed by atoms with Crippen molar-refractivity contribution in [1.29, 1.82) is 0 Å². The van der Waals surface area contributed by atoms with Gasteiger partial charge in [0.05, 0.1) is 6.04 Å². The molecule has 76 valence electrons. The van der Waals surface area contributed by atoms with Crippen LogP contribution in [0.4, 0.5) is 0 Å². The highest BCUT2D eigenvalue weighted by Gasteiger charge is 2.29. The maximum absolute atomic E-state index is 11.4. The Hall–Kier alpha value is -0.610. The van der Waals surface area contributed by atoms with Crippen molar-refractivity contribution in [3.05, 3.63) is 0 Å². The molecule has 0 radical (unpaired) electrons. The van der Waals surface area contributed by atoms with Crippen molar-refractivity contribution in [1.82, 2.24) is 10.2 Å². The lowest BCUT2D eigenvalue weighted by Gasteiger charge is -2.17. The number of hydrogen-bond acceptors (Lipinski definition) is 3. The minimum atomic E-state index is 0.0399. The molecule has 0 aromatic rings. The number of likely N-dealkylation sites (N-methyl/N-ethyl adjacent to an activating group) is 1. The second kappa shape index (κ2) is 4.07. The molecule has 4 heteroatoms. The number of amides is 1. The normalized spacial score (nSPS) is 29.6. The van der Waals surface area contributed by atoms with Crippen LogP contribution in [0.3, 0.4) is 0 Å². The first-order valence-corrected chi connectivity index (χ1v) is 4.75. The van der Waals surface area contributed by atoms with Gasteiger partial charge >= 0.3 is 0 Å². The Bertz CT molecular complexity index is 193. The van der Waals surface area contributed by atoms with Gasteiger partial charge in [0, 0.05) is 25.0 Å². The lowest BCUT2D eigenvalue weighted by Crippen LogP contribution is -2.47. The van der Waals surface area contributed by atoms with Crippen molar-refractivity contribution < 1.29 is 4.79 Å². The maximum atomic E-state index is 11.4. The Labute approximate surface area is 79.5 Å². The molecule has 1 amide bonds. The van der Waals surface area contributed by atoms with Crippen LogP contribution in [0.15, 0.2) is 0 Å². The highest BCUT2D eigenvalue weighted by Crippen LogP contribution is 2.06. The fourth-order valence-electron chi connectivity index (χ4n) is 1.53. The van der Waals surface area contributed by atoms with Gasteiger partial charge in [0.25, 0.3) is 0 Å². The molecule has 13 heavy (non-hydrogen) atoms. The molecular weight excluding hydrogens is 166 g/mol. The largest absolute Gasteiger partial charge is 0.350 e. The summed E-state index contributed by atoms with van der Waals surface area (Å²) in [5.41, 5.74) is 5.86. The molecular formula is C9H19N3O. The SMILES string of the molecule is CC(C)C(=O)NC1CN(C)CC1N. The van der Waals surface area contributed by atoms with Crippen molar-refractivity contribution >= 4 is 5.91 Å². The Morgan fingerprint density at radius 2 is 2.15 bits per heavy atom. The first kappa shape index (κ1) is 10.5. The smallest absolute Gasteiger partial charge is 0.222 e. The molecule has 4 nitrogen and oxygen atoms in total. The van der Waals surface area contributed by atoms with Crippen LogP contribution in [-0.2, 0) is 4.79 Å². The van der Waals surface area contributed by atoms with Gasteiger partial charge < -0.3 is 16.0 Å². The van der Waals surface area contributed by atoms with Crippen LogP contribution in [0.5, 0.6) is 0 Å². The molecule has 0 aromatic heterocycles. The van der Waals surface area contributed by atoms with E-state index in [1.165, 1.54) is 0 Å². The zero-order valence-electron chi connectivity index (χ0n) is 8.58. The molecule has 0 saturated carbocycles. The summed E-state index contributed by atoms with van der Waals surface area (Å²) in [5.74, 6) is 0.133. The first-order valence-electron chi connectivity index (χ1n) is 4.75. The molecule has 1 aliphatic rings. The van der Waals surface area contributed by atoms with E-state index in [-0.39, 0.29) is 23.9 Å². The lowest BCUT2D eigenvalue weighted by atomic mass is 10.1. The van der Waals surface area contributed by atoms with E-state index in [4.69, 9.17) is 5.73 Å². The van der Waals surface area contributed by atoms with E-state index in [2.05, 4.69) is 10.2 Å². The van der Waals surface area contributed by atoms with Crippen LogP contribution in [0.25, 0.3) is 0 Å². The van der Waals surface area contributed by atoms with Crippen LogP contribution in [0.2, 0.25) is 0 Å². The third-order valence-corrected chi connectivity index (χ3v) is 2.40. The molecule has 0 aromatic carbocycles. The Morgan fingerprint density at radius 3 is 2.54 bits per heavy atom. The second-order valence-corrected chi connectivity index (χ2v) is 4.15. The molecule has 1 heterocycles. The highest BCUT2D eigenvalue weighted by molar-refractivity contribution is 5.78. The number of nitrogens with one attached hydrogen (secondary N) is 1. The number of likely N-dealkylation sites (tertiary alicyclic amines) is 1. The summed E-state index contributed by atoms with van der Waals surface area (Å²) in [7, 11) is 2.02. The summed E-state index contributed by atoms with van der Waals surface area (Å²) in [6.07, 6.45) is 0. The van der Waals surface area contributed by atoms with E-state index in [0.717, 1.165) is 13.1 Å². The van der Waals surface area contributed by atoms with Gasteiger partial charge in [-0.1, -0.05) is 13.8 Å². The fourth-order valence-corrected chi connectivity index (χ4v) is 1.53. The summed E-state index contributed by atoms with van der Waals surface area (Å²) in [5, 5.41) is 2.95. The van der Waals surface area contributed by atoms with E-state index in [1.54, 1.807) is 0 Å². The van der Waals surface area contributed by atoms with Gasteiger partial charge in [0.15, 0.2) is 0 Å². The van der Waals surface area contributed by atoms with Gasteiger partial charge in [-0.3, -0.25) is 4.79 Å². The van der Waals surface area contributed by atoms with E-state index < -0.39 is 0 Å². The van der Waals surface area contributed by atoms with E-state index in [0.29, 0.717) is 0 Å². The molecule has 1 fully saturated rings. The van der Waals surface area contributed by atoms with Crippen molar-refractivity contribution in [2.45, 2.75) is 25.9 Å². The third-order valence-electron chi connectivity index (χ3n) is 2.40. The number of rotatable bonds is 2. The Balaban J connectivity index is 2.41. The Morgan fingerprint density at radius 1 is 1.54 bits per heavy atom. The minimum Gasteiger partial charge on any atom is -0.350 e.